The zero-order chi connectivity index (χ0) is 15.8. The normalized spacial score (nSPS) is 20.3. The van der Waals surface area contributed by atoms with Crippen molar-refractivity contribution < 1.29 is 14.0 Å². The van der Waals surface area contributed by atoms with E-state index in [1.165, 1.54) is 0 Å². The average Bonchev–Trinajstić information content (AvgIpc) is 2.91. The van der Waals surface area contributed by atoms with Gasteiger partial charge in [0.25, 0.3) is 0 Å². The minimum Gasteiger partial charge on any atom is -0.464 e. The Kier molecular flexibility index (Phi) is 3.23. The maximum absolute atomic E-state index is 12.2. The van der Waals surface area contributed by atoms with E-state index in [1.54, 1.807) is 6.26 Å². The van der Waals surface area contributed by atoms with Crippen molar-refractivity contribution in [3.05, 3.63) is 58.7 Å². The number of carbonyl (C=O) groups is 2. The Hall–Kier alpha value is -2.88. The monoisotopic (exact) mass is 305 g/mol. The van der Waals surface area contributed by atoms with Crippen LogP contribution in [0.1, 0.15) is 24.3 Å². The molecule has 0 radical (unpaired) electrons. The third kappa shape index (κ3) is 2.32. The first-order valence-corrected chi connectivity index (χ1v) is 7.63. The standard InChI is InChI=1S/C19H15NO3/c21-17-10-8-14(19(22)20-17)15-11-23-16-9-7-12-5-3-1-2-4-6-13(12)18(15)16/h1-7,9,11,14H,8,10H2,(H,20,21,22). The van der Waals surface area contributed by atoms with Gasteiger partial charge in [0, 0.05) is 17.4 Å². The molecule has 23 heavy (non-hydrogen) atoms. The molecule has 1 atom stereocenters. The largest absolute Gasteiger partial charge is 0.464 e. The van der Waals surface area contributed by atoms with Crippen LogP contribution in [0.4, 0.5) is 0 Å². The molecule has 1 aliphatic carbocycles. The highest BCUT2D eigenvalue weighted by Crippen LogP contribution is 2.30. The van der Waals surface area contributed by atoms with Crippen molar-refractivity contribution in [3.8, 4) is 0 Å². The van der Waals surface area contributed by atoms with Crippen LogP contribution in [0.15, 0.2) is 47.1 Å². The van der Waals surface area contributed by atoms with Crippen molar-refractivity contribution >= 4 is 34.9 Å². The number of furan rings is 1. The fourth-order valence-electron chi connectivity index (χ4n) is 3.21. The molecule has 2 aliphatic rings. The number of piperidine rings is 1. The van der Waals surface area contributed by atoms with Crippen LogP contribution in [0.25, 0.3) is 23.1 Å². The van der Waals surface area contributed by atoms with Gasteiger partial charge in [-0.1, -0.05) is 42.5 Å². The second kappa shape index (κ2) is 5.39. The Morgan fingerprint density at radius 3 is 2.70 bits per heavy atom. The van der Waals surface area contributed by atoms with Crippen molar-refractivity contribution in [3.63, 3.8) is 0 Å². The number of amides is 2. The summed E-state index contributed by atoms with van der Waals surface area (Å²) in [4.78, 5) is 23.6. The minimum absolute atomic E-state index is 0.206. The molecule has 1 aromatic heterocycles. The maximum Gasteiger partial charge on any atom is 0.234 e. The molecule has 2 amide bonds. The van der Waals surface area contributed by atoms with Gasteiger partial charge in [-0.15, -0.1) is 0 Å². The molecule has 1 aliphatic heterocycles. The summed E-state index contributed by atoms with van der Waals surface area (Å²) in [5.41, 5.74) is 1.61. The summed E-state index contributed by atoms with van der Waals surface area (Å²) >= 11 is 0. The molecular weight excluding hydrogens is 290 g/mol. The van der Waals surface area contributed by atoms with E-state index in [0.717, 1.165) is 27.0 Å². The van der Waals surface area contributed by atoms with E-state index in [9.17, 15) is 9.59 Å². The van der Waals surface area contributed by atoms with Gasteiger partial charge >= 0.3 is 0 Å². The number of hydrogen-bond acceptors (Lipinski definition) is 3. The fraction of sp³-hybridized carbons (Fsp3) is 0.158. The van der Waals surface area contributed by atoms with Gasteiger partial charge in [-0.05, 0) is 22.9 Å². The van der Waals surface area contributed by atoms with Crippen LogP contribution in [0, 0.1) is 0 Å². The first-order valence-electron chi connectivity index (χ1n) is 7.63. The van der Waals surface area contributed by atoms with Gasteiger partial charge in [0.05, 0.1) is 12.2 Å². The highest BCUT2D eigenvalue weighted by atomic mass is 16.3. The molecule has 2 heterocycles. The fourth-order valence-corrected chi connectivity index (χ4v) is 3.21. The summed E-state index contributed by atoms with van der Waals surface area (Å²) in [5, 5.41) is 5.49. The Morgan fingerprint density at radius 1 is 1.04 bits per heavy atom. The Balaban J connectivity index is 1.98. The lowest BCUT2D eigenvalue weighted by molar-refractivity contribution is -0.134. The van der Waals surface area contributed by atoms with Crippen LogP contribution in [-0.4, -0.2) is 11.8 Å². The summed E-state index contributed by atoms with van der Waals surface area (Å²) in [6.45, 7) is 0. The van der Waals surface area contributed by atoms with Gasteiger partial charge in [-0.25, -0.2) is 0 Å². The van der Waals surface area contributed by atoms with E-state index in [4.69, 9.17) is 4.42 Å². The maximum atomic E-state index is 12.2. The number of rotatable bonds is 1. The number of imide groups is 1. The third-order valence-electron chi connectivity index (χ3n) is 4.33. The molecule has 4 nitrogen and oxygen atoms in total. The molecule has 1 N–H and O–H groups in total. The average molecular weight is 305 g/mol. The third-order valence-corrected chi connectivity index (χ3v) is 4.33. The van der Waals surface area contributed by atoms with Gasteiger partial charge in [-0.2, -0.15) is 0 Å². The van der Waals surface area contributed by atoms with Gasteiger partial charge < -0.3 is 4.42 Å². The molecule has 2 aromatic rings. The SMILES string of the molecule is O=C1CCC(c2coc3ccc4c(c23)=CC=CC=CC=4)C(=O)N1. The molecule has 0 saturated carbocycles. The van der Waals surface area contributed by atoms with Crippen LogP contribution < -0.4 is 15.8 Å². The predicted octanol–water partition coefficient (Wildman–Crippen LogP) is 1.64. The first kappa shape index (κ1) is 13.8. The number of allylic oxidation sites excluding steroid dienone is 4. The number of nitrogens with one attached hydrogen (secondary N) is 1. The molecule has 4 heteroatoms. The highest BCUT2D eigenvalue weighted by Gasteiger charge is 2.30. The summed E-state index contributed by atoms with van der Waals surface area (Å²) < 4.78 is 5.67. The van der Waals surface area contributed by atoms with Crippen LogP contribution in [0.2, 0.25) is 0 Å². The van der Waals surface area contributed by atoms with E-state index < -0.39 is 0 Å². The molecule has 4 rings (SSSR count). The Bertz CT molecular complexity index is 992. The summed E-state index contributed by atoms with van der Waals surface area (Å²) in [7, 11) is 0. The summed E-state index contributed by atoms with van der Waals surface area (Å²) in [6.07, 6.45) is 14.5. The smallest absolute Gasteiger partial charge is 0.234 e. The van der Waals surface area contributed by atoms with Crippen molar-refractivity contribution in [1.82, 2.24) is 5.32 Å². The van der Waals surface area contributed by atoms with E-state index in [-0.39, 0.29) is 17.7 Å². The van der Waals surface area contributed by atoms with E-state index in [0.29, 0.717) is 12.8 Å². The van der Waals surface area contributed by atoms with Gasteiger partial charge in [-0.3, -0.25) is 14.9 Å². The van der Waals surface area contributed by atoms with E-state index in [2.05, 4.69) is 5.32 Å². The van der Waals surface area contributed by atoms with Crippen molar-refractivity contribution in [2.24, 2.45) is 0 Å². The molecule has 0 bridgehead atoms. The topological polar surface area (TPSA) is 59.3 Å². The minimum atomic E-state index is -0.348. The lowest BCUT2D eigenvalue weighted by Gasteiger charge is -2.20. The molecule has 114 valence electrons. The number of carbonyl (C=O) groups excluding carboxylic acids is 2. The predicted molar refractivity (Wildman–Crippen MR) is 87.8 cm³/mol. The quantitative estimate of drug-likeness (QED) is 0.815. The molecule has 1 aromatic carbocycles. The molecule has 1 unspecified atom stereocenters. The van der Waals surface area contributed by atoms with Crippen LogP contribution in [-0.2, 0) is 9.59 Å². The van der Waals surface area contributed by atoms with Gasteiger partial charge in [0.2, 0.25) is 11.8 Å². The zero-order valence-electron chi connectivity index (χ0n) is 12.4. The summed E-state index contributed by atoms with van der Waals surface area (Å²) in [5.74, 6) is -0.798. The molecule has 1 saturated heterocycles. The number of fused-ring (bicyclic) bond motifs is 3. The highest BCUT2D eigenvalue weighted by molar-refractivity contribution is 6.02. The second-order valence-electron chi connectivity index (χ2n) is 5.74. The first-order chi connectivity index (χ1) is 11.2. The molecular formula is C19H15NO3. The lowest BCUT2D eigenvalue weighted by Crippen LogP contribution is -2.39. The van der Waals surface area contributed by atoms with Crippen LogP contribution in [0.5, 0.6) is 0 Å². The van der Waals surface area contributed by atoms with Crippen molar-refractivity contribution in [2.45, 2.75) is 18.8 Å². The van der Waals surface area contributed by atoms with Gasteiger partial charge in [0.1, 0.15) is 5.58 Å². The van der Waals surface area contributed by atoms with Crippen LogP contribution in [0.3, 0.4) is 0 Å². The summed E-state index contributed by atoms with van der Waals surface area (Å²) in [6, 6.07) is 3.93. The second-order valence-corrected chi connectivity index (χ2v) is 5.74. The zero-order valence-corrected chi connectivity index (χ0v) is 12.4. The lowest BCUT2D eigenvalue weighted by atomic mass is 9.89. The van der Waals surface area contributed by atoms with Crippen molar-refractivity contribution in [1.29, 1.82) is 0 Å². The van der Waals surface area contributed by atoms with Crippen molar-refractivity contribution in [2.75, 3.05) is 0 Å². The molecule has 1 fully saturated rings. The van der Waals surface area contributed by atoms with E-state index in [1.807, 2.05) is 48.6 Å². The number of benzene rings is 1. The van der Waals surface area contributed by atoms with Crippen LogP contribution >= 0.6 is 0 Å². The molecule has 0 spiro atoms. The number of hydrogen-bond donors (Lipinski definition) is 1. The Morgan fingerprint density at radius 2 is 1.87 bits per heavy atom. The van der Waals surface area contributed by atoms with Gasteiger partial charge in [0.15, 0.2) is 0 Å². The Labute approximate surface area is 132 Å². The van der Waals surface area contributed by atoms with E-state index >= 15 is 0 Å².